The van der Waals surface area contributed by atoms with Gasteiger partial charge in [-0.2, -0.15) is 0 Å². The Morgan fingerprint density at radius 3 is 2.41 bits per heavy atom. The molecule has 0 radical (unpaired) electrons. The highest BCUT2D eigenvalue weighted by atomic mass is 16.5. The fourth-order valence-corrected chi connectivity index (χ4v) is 3.03. The van der Waals surface area contributed by atoms with Gasteiger partial charge in [0.15, 0.2) is 11.5 Å². The molecule has 150 valence electrons. The maximum absolute atomic E-state index is 12.4. The van der Waals surface area contributed by atoms with E-state index in [1.54, 1.807) is 20.4 Å². The van der Waals surface area contributed by atoms with Gasteiger partial charge in [0, 0.05) is 12.7 Å². The lowest BCUT2D eigenvalue weighted by molar-refractivity contribution is -0.120. The third-order valence-corrected chi connectivity index (χ3v) is 4.52. The quantitative estimate of drug-likeness (QED) is 0.586. The fourth-order valence-electron chi connectivity index (χ4n) is 3.03. The van der Waals surface area contributed by atoms with E-state index < -0.39 is 0 Å². The van der Waals surface area contributed by atoms with Crippen LogP contribution in [-0.4, -0.2) is 31.7 Å². The van der Waals surface area contributed by atoms with Crippen LogP contribution >= 0.6 is 0 Å². The Kier molecular flexibility index (Phi) is 7.19. The topological polar surface area (TPSA) is 72.5 Å². The predicted molar refractivity (Wildman–Crippen MR) is 112 cm³/mol. The largest absolute Gasteiger partial charge is 0.493 e. The Morgan fingerprint density at radius 2 is 1.72 bits per heavy atom. The highest BCUT2D eigenvalue weighted by Crippen LogP contribution is 2.27. The second-order valence-electron chi connectivity index (χ2n) is 6.45. The van der Waals surface area contributed by atoms with Gasteiger partial charge >= 0.3 is 0 Å². The molecule has 3 rings (SSSR count). The van der Waals surface area contributed by atoms with Crippen molar-refractivity contribution in [3.63, 3.8) is 0 Å². The zero-order valence-electron chi connectivity index (χ0n) is 16.6. The summed E-state index contributed by atoms with van der Waals surface area (Å²) in [5.74, 6) is 1.19. The molecular formula is C23H25N3O3. The first-order valence-corrected chi connectivity index (χ1v) is 9.38. The summed E-state index contributed by atoms with van der Waals surface area (Å²) in [6.45, 7) is 0.573. The first-order valence-electron chi connectivity index (χ1n) is 9.38. The average molecular weight is 391 g/mol. The molecule has 6 nitrogen and oxygen atoms in total. The number of benzene rings is 2. The van der Waals surface area contributed by atoms with Crippen molar-refractivity contribution in [2.45, 2.75) is 12.6 Å². The third kappa shape index (κ3) is 5.56. The molecule has 0 aliphatic rings. The lowest BCUT2D eigenvalue weighted by atomic mass is 10.0. The number of carbonyl (C=O) groups is 1. The number of rotatable bonds is 9. The number of amides is 1. The van der Waals surface area contributed by atoms with Gasteiger partial charge in [-0.3, -0.25) is 15.1 Å². The Morgan fingerprint density at radius 1 is 0.966 bits per heavy atom. The normalized spacial score (nSPS) is 11.5. The molecule has 1 unspecified atom stereocenters. The molecule has 6 heteroatoms. The molecule has 0 aliphatic carbocycles. The minimum absolute atomic E-state index is 0.100. The summed E-state index contributed by atoms with van der Waals surface area (Å²) in [7, 11) is 3.18. The molecule has 2 aromatic carbocycles. The van der Waals surface area contributed by atoms with E-state index in [9.17, 15) is 4.79 Å². The van der Waals surface area contributed by atoms with Gasteiger partial charge in [-0.15, -0.1) is 0 Å². The standard InChI is InChI=1S/C23H25N3O3/c1-28-20-12-11-17(14-21(20)29-2)15-25-22(27)16-26-23(18-8-4-3-5-9-18)19-10-6-7-13-24-19/h3-14,23,26H,15-16H2,1-2H3,(H,25,27). The number of aromatic nitrogens is 1. The van der Waals surface area contributed by atoms with Gasteiger partial charge in [0.1, 0.15) is 0 Å². The minimum atomic E-state index is -0.163. The van der Waals surface area contributed by atoms with Crippen LogP contribution in [0.3, 0.4) is 0 Å². The molecule has 0 bridgehead atoms. The van der Waals surface area contributed by atoms with E-state index in [2.05, 4.69) is 15.6 Å². The van der Waals surface area contributed by atoms with Gasteiger partial charge in [-0.25, -0.2) is 0 Å². The molecule has 3 aromatic rings. The van der Waals surface area contributed by atoms with Crippen LogP contribution in [0.1, 0.15) is 22.9 Å². The maximum Gasteiger partial charge on any atom is 0.234 e. The van der Waals surface area contributed by atoms with Crippen molar-refractivity contribution in [2.24, 2.45) is 0 Å². The van der Waals surface area contributed by atoms with Crippen LogP contribution in [0.4, 0.5) is 0 Å². The molecule has 1 heterocycles. The number of pyridine rings is 1. The van der Waals surface area contributed by atoms with Crippen molar-refractivity contribution >= 4 is 5.91 Å². The van der Waals surface area contributed by atoms with Crippen LogP contribution in [0.5, 0.6) is 11.5 Å². The SMILES string of the molecule is COc1ccc(CNC(=O)CNC(c2ccccc2)c2ccccn2)cc1OC. The molecule has 1 aromatic heterocycles. The number of ether oxygens (including phenoxy) is 2. The summed E-state index contributed by atoms with van der Waals surface area (Å²) in [5, 5.41) is 6.24. The zero-order valence-corrected chi connectivity index (χ0v) is 16.6. The maximum atomic E-state index is 12.4. The lowest BCUT2D eigenvalue weighted by Crippen LogP contribution is -2.36. The predicted octanol–water partition coefficient (Wildman–Crippen LogP) is 3.09. The summed E-state index contributed by atoms with van der Waals surface area (Å²) >= 11 is 0. The van der Waals surface area contributed by atoms with E-state index in [-0.39, 0.29) is 18.5 Å². The van der Waals surface area contributed by atoms with E-state index in [4.69, 9.17) is 9.47 Å². The van der Waals surface area contributed by atoms with Crippen molar-refractivity contribution in [1.82, 2.24) is 15.6 Å². The van der Waals surface area contributed by atoms with Crippen molar-refractivity contribution in [1.29, 1.82) is 0 Å². The van der Waals surface area contributed by atoms with Crippen molar-refractivity contribution in [3.8, 4) is 11.5 Å². The van der Waals surface area contributed by atoms with Crippen LogP contribution in [0.2, 0.25) is 0 Å². The van der Waals surface area contributed by atoms with Crippen LogP contribution in [0, 0.1) is 0 Å². The highest BCUT2D eigenvalue weighted by Gasteiger charge is 2.16. The van der Waals surface area contributed by atoms with Crippen LogP contribution in [0.15, 0.2) is 72.9 Å². The second kappa shape index (κ2) is 10.2. The summed E-state index contributed by atoms with van der Waals surface area (Å²) in [6.07, 6.45) is 1.75. The first-order chi connectivity index (χ1) is 14.2. The smallest absolute Gasteiger partial charge is 0.234 e. The Balaban J connectivity index is 1.61. The Bertz CT molecular complexity index is 878. The molecule has 0 fully saturated rings. The Hall–Kier alpha value is -3.38. The number of nitrogens with zero attached hydrogens (tertiary/aromatic N) is 1. The third-order valence-electron chi connectivity index (χ3n) is 4.52. The van der Waals surface area contributed by atoms with Gasteiger partial charge in [-0.1, -0.05) is 42.5 Å². The lowest BCUT2D eigenvalue weighted by Gasteiger charge is -2.18. The average Bonchev–Trinajstić information content (AvgIpc) is 2.79. The number of methoxy groups -OCH3 is 2. The Labute approximate surface area is 170 Å². The van der Waals surface area contributed by atoms with E-state index in [1.807, 2.05) is 66.7 Å². The highest BCUT2D eigenvalue weighted by molar-refractivity contribution is 5.78. The van der Waals surface area contributed by atoms with Gasteiger partial charge in [0.05, 0.1) is 32.5 Å². The number of carbonyl (C=O) groups excluding carboxylic acids is 1. The van der Waals surface area contributed by atoms with Crippen molar-refractivity contribution < 1.29 is 14.3 Å². The summed E-state index contributed by atoms with van der Waals surface area (Å²) < 4.78 is 10.5. The van der Waals surface area contributed by atoms with Crippen LogP contribution < -0.4 is 20.1 Å². The number of hydrogen-bond acceptors (Lipinski definition) is 5. The molecule has 1 atom stereocenters. The molecule has 0 saturated heterocycles. The van der Waals surface area contributed by atoms with Crippen LogP contribution in [-0.2, 0) is 11.3 Å². The molecule has 1 amide bonds. The van der Waals surface area contributed by atoms with Gasteiger partial charge in [0.25, 0.3) is 0 Å². The molecule has 0 saturated carbocycles. The minimum Gasteiger partial charge on any atom is -0.493 e. The van der Waals surface area contributed by atoms with E-state index in [0.29, 0.717) is 18.0 Å². The molecular weight excluding hydrogens is 366 g/mol. The molecule has 0 spiro atoms. The van der Waals surface area contributed by atoms with E-state index in [1.165, 1.54) is 0 Å². The summed E-state index contributed by atoms with van der Waals surface area (Å²) in [5.41, 5.74) is 2.85. The van der Waals surface area contributed by atoms with Crippen molar-refractivity contribution in [3.05, 3.63) is 89.7 Å². The summed E-state index contributed by atoms with van der Waals surface area (Å²) in [6, 6.07) is 21.1. The van der Waals surface area contributed by atoms with Gasteiger partial charge in [-0.05, 0) is 35.4 Å². The summed E-state index contributed by atoms with van der Waals surface area (Å²) in [4.78, 5) is 16.9. The van der Waals surface area contributed by atoms with Crippen molar-refractivity contribution in [2.75, 3.05) is 20.8 Å². The second-order valence-corrected chi connectivity index (χ2v) is 6.45. The van der Waals surface area contributed by atoms with Gasteiger partial charge in [0.2, 0.25) is 5.91 Å². The molecule has 29 heavy (non-hydrogen) atoms. The zero-order chi connectivity index (χ0) is 20.5. The van der Waals surface area contributed by atoms with E-state index >= 15 is 0 Å². The number of nitrogens with one attached hydrogen (secondary N) is 2. The first kappa shape index (κ1) is 20.4. The van der Waals surface area contributed by atoms with Crippen LogP contribution in [0.25, 0.3) is 0 Å². The number of hydrogen-bond donors (Lipinski definition) is 2. The fraction of sp³-hybridized carbons (Fsp3) is 0.217. The van der Waals surface area contributed by atoms with Gasteiger partial charge < -0.3 is 14.8 Å². The monoisotopic (exact) mass is 391 g/mol. The molecule has 0 aliphatic heterocycles. The molecule has 2 N–H and O–H groups in total. The van der Waals surface area contributed by atoms with E-state index in [0.717, 1.165) is 16.8 Å².